The van der Waals surface area contributed by atoms with Crippen LogP contribution < -0.4 is 10.8 Å². The third kappa shape index (κ3) is 4.75. The molecule has 0 saturated heterocycles. The summed E-state index contributed by atoms with van der Waals surface area (Å²) >= 11 is -1.77. The number of amides is 2. The Morgan fingerprint density at radius 2 is 1.71 bits per heavy atom. The van der Waals surface area contributed by atoms with Gasteiger partial charge in [0.15, 0.2) is 0 Å². The van der Waals surface area contributed by atoms with Gasteiger partial charge in [-0.3, -0.25) is 9.59 Å². The lowest BCUT2D eigenvalue weighted by atomic mass is 10.3. The molecule has 1 aromatic rings. The minimum Gasteiger partial charge on any atom is -0.326 e. The number of nitrogens with one attached hydrogen (secondary N) is 2. The summed E-state index contributed by atoms with van der Waals surface area (Å²) in [6.45, 7) is 2.64. The molecule has 0 saturated carbocycles. The molecule has 0 radical (unpaired) electrons. The van der Waals surface area contributed by atoms with Crippen molar-refractivity contribution in [2.45, 2.75) is 18.7 Å². The van der Waals surface area contributed by atoms with Gasteiger partial charge in [0.05, 0.1) is 4.90 Å². The molecule has 2 amide bonds. The van der Waals surface area contributed by atoms with Crippen molar-refractivity contribution in [1.82, 2.24) is 5.48 Å². The minimum atomic E-state index is -1.77. The van der Waals surface area contributed by atoms with Gasteiger partial charge in [-0.2, -0.15) is 4.28 Å². The predicted molar refractivity (Wildman–Crippen MR) is 62.1 cm³/mol. The topological polar surface area (TPSA) is 84.5 Å². The maximum Gasteiger partial charge on any atom is 0.241 e. The van der Waals surface area contributed by atoms with Gasteiger partial charge in [0.2, 0.25) is 22.9 Å². The van der Waals surface area contributed by atoms with Crippen molar-refractivity contribution in [3.05, 3.63) is 24.3 Å². The van der Waals surface area contributed by atoms with Crippen LogP contribution in [0.15, 0.2) is 29.2 Å². The fraction of sp³-hybridized carbons (Fsp3) is 0.200. The summed E-state index contributed by atoms with van der Waals surface area (Å²) in [5.74, 6) is -0.624. The maximum absolute atomic E-state index is 11.5. The zero-order valence-corrected chi connectivity index (χ0v) is 10.2. The van der Waals surface area contributed by atoms with E-state index < -0.39 is 17.0 Å². The van der Waals surface area contributed by atoms with Crippen LogP contribution in [0.25, 0.3) is 0 Å². The van der Waals surface area contributed by atoms with Crippen molar-refractivity contribution in [1.29, 1.82) is 0 Å². The summed E-state index contributed by atoms with van der Waals surface area (Å²) in [7, 11) is 0. The SMILES string of the molecule is CC(=O)NOS(=O)c1ccc(NC(C)=O)cc1. The molecule has 0 heterocycles. The van der Waals surface area contributed by atoms with Crippen LogP contribution in [0.5, 0.6) is 0 Å². The first-order valence-electron chi connectivity index (χ1n) is 4.72. The Bertz CT molecular complexity index is 444. The van der Waals surface area contributed by atoms with Crippen LogP contribution in [0.1, 0.15) is 13.8 Å². The van der Waals surface area contributed by atoms with Crippen LogP contribution in [0.3, 0.4) is 0 Å². The quantitative estimate of drug-likeness (QED) is 0.778. The molecular formula is C10H12N2O4S. The molecule has 0 aliphatic rings. The van der Waals surface area contributed by atoms with Crippen molar-refractivity contribution < 1.29 is 18.1 Å². The van der Waals surface area contributed by atoms with E-state index in [9.17, 15) is 13.8 Å². The van der Waals surface area contributed by atoms with Crippen molar-refractivity contribution in [3.63, 3.8) is 0 Å². The lowest BCUT2D eigenvalue weighted by Gasteiger charge is -2.04. The van der Waals surface area contributed by atoms with Gasteiger partial charge in [-0.25, -0.2) is 9.69 Å². The number of hydrogen-bond donors (Lipinski definition) is 2. The number of benzene rings is 1. The highest BCUT2D eigenvalue weighted by molar-refractivity contribution is 7.80. The molecule has 1 unspecified atom stereocenters. The fourth-order valence-electron chi connectivity index (χ4n) is 0.997. The second kappa shape index (κ2) is 6.12. The average molecular weight is 256 g/mol. The minimum absolute atomic E-state index is 0.187. The van der Waals surface area contributed by atoms with E-state index in [2.05, 4.69) is 9.60 Å². The lowest BCUT2D eigenvalue weighted by Crippen LogP contribution is -2.21. The van der Waals surface area contributed by atoms with Gasteiger partial charge in [0, 0.05) is 19.5 Å². The number of hydroxylamine groups is 1. The van der Waals surface area contributed by atoms with Gasteiger partial charge in [0.25, 0.3) is 0 Å². The van der Waals surface area contributed by atoms with E-state index in [1.54, 1.807) is 12.1 Å². The van der Waals surface area contributed by atoms with E-state index in [0.29, 0.717) is 10.6 Å². The molecule has 92 valence electrons. The Kier molecular flexibility index (Phi) is 4.80. The van der Waals surface area contributed by atoms with Crippen LogP contribution in [0.2, 0.25) is 0 Å². The second-order valence-corrected chi connectivity index (χ2v) is 4.29. The molecule has 1 rings (SSSR count). The van der Waals surface area contributed by atoms with E-state index in [1.165, 1.54) is 26.0 Å². The Labute approximate surface area is 101 Å². The Balaban J connectivity index is 2.63. The molecular weight excluding hydrogens is 244 g/mol. The second-order valence-electron chi connectivity index (χ2n) is 3.18. The normalized spacial score (nSPS) is 11.6. The van der Waals surface area contributed by atoms with Crippen LogP contribution in [0.4, 0.5) is 5.69 Å². The molecule has 17 heavy (non-hydrogen) atoms. The molecule has 0 aliphatic carbocycles. The summed E-state index contributed by atoms with van der Waals surface area (Å²) in [5.41, 5.74) is 2.58. The first-order chi connectivity index (χ1) is 7.99. The molecule has 1 atom stereocenters. The van der Waals surface area contributed by atoms with Crippen LogP contribution in [-0.4, -0.2) is 16.0 Å². The van der Waals surface area contributed by atoms with Gasteiger partial charge >= 0.3 is 0 Å². The molecule has 0 aromatic heterocycles. The van der Waals surface area contributed by atoms with Crippen LogP contribution in [-0.2, 0) is 25.0 Å². The highest BCUT2D eigenvalue weighted by atomic mass is 32.2. The van der Waals surface area contributed by atoms with E-state index in [0.717, 1.165) is 0 Å². The number of carbonyl (C=O) groups excluding carboxylic acids is 2. The zero-order chi connectivity index (χ0) is 12.8. The average Bonchev–Trinajstić information content (AvgIpc) is 2.26. The molecule has 0 bridgehead atoms. The first kappa shape index (κ1) is 13.3. The summed E-state index contributed by atoms with van der Waals surface area (Å²) in [6, 6.07) is 6.24. The molecule has 0 fully saturated rings. The van der Waals surface area contributed by atoms with Crippen molar-refractivity contribution in [2.75, 3.05) is 5.32 Å². The summed E-state index contributed by atoms with van der Waals surface area (Å²) < 4.78 is 16.1. The van der Waals surface area contributed by atoms with Crippen LogP contribution >= 0.6 is 0 Å². The summed E-state index contributed by atoms with van der Waals surface area (Å²) in [6.07, 6.45) is 0. The molecule has 2 N–H and O–H groups in total. The third-order valence-electron chi connectivity index (χ3n) is 1.63. The monoisotopic (exact) mass is 256 g/mol. The summed E-state index contributed by atoms with van der Waals surface area (Å²) in [4.78, 5) is 21.7. The number of hydrogen-bond acceptors (Lipinski definition) is 4. The zero-order valence-electron chi connectivity index (χ0n) is 9.35. The van der Waals surface area contributed by atoms with Crippen molar-refractivity contribution >= 4 is 28.6 Å². The third-order valence-corrected chi connectivity index (χ3v) is 2.52. The maximum atomic E-state index is 11.5. The van der Waals surface area contributed by atoms with Gasteiger partial charge in [0.1, 0.15) is 0 Å². The molecule has 0 spiro atoms. The standard InChI is InChI=1S/C10H12N2O4S/c1-7(13)11-9-3-5-10(6-4-9)17(15)16-12-8(2)14/h3-6H,1-2H3,(H,11,13)(H,12,14). The number of rotatable bonds is 4. The molecule has 1 aromatic carbocycles. The van der Waals surface area contributed by atoms with Gasteiger partial charge in [-0.1, -0.05) is 0 Å². The predicted octanol–water partition coefficient (Wildman–Crippen LogP) is 0.735. The largest absolute Gasteiger partial charge is 0.326 e. The molecule has 7 heteroatoms. The van der Waals surface area contributed by atoms with Crippen LogP contribution in [0, 0.1) is 0 Å². The molecule has 6 nitrogen and oxygen atoms in total. The van der Waals surface area contributed by atoms with E-state index in [-0.39, 0.29) is 5.91 Å². The van der Waals surface area contributed by atoms with Crippen molar-refractivity contribution in [3.8, 4) is 0 Å². The van der Waals surface area contributed by atoms with Gasteiger partial charge in [-0.05, 0) is 24.3 Å². The Morgan fingerprint density at radius 1 is 1.12 bits per heavy atom. The first-order valence-corrected chi connectivity index (χ1v) is 5.80. The Hall–Kier alpha value is -1.73. The number of anilines is 1. The molecule has 0 aliphatic heterocycles. The van der Waals surface area contributed by atoms with E-state index in [4.69, 9.17) is 0 Å². The highest BCUT2D eigenvalue weighted by Gasteiger charge is 2.06. The van der Waals surface area contributed by atoms with Crippen molar-refractivity contribution in [2.24, 2.45) is 0 Å². The highest BCUT2D eigenvalue weighted by Crippen LogP contribution is 2.12. The van der Waals surface area contributed by atoms with E-state index in [1.807, 2.05) is 5.48 Å². The summed E-state index contributed by atoms with van der Waals surface area (Å²) in [5, 5.41) is 2.57. The number of carbonyl (C=O) groups is 2. The van der Waals surface area contributed by atoms with E-state index >= 15 is 0 Å². The lowest BCUT2D eigenvalue weighted by molar-refractivity contribution is -0.125. The fourth-order valence-corrected chi connectivity index (χ4v) is 1.64. The van der Waals surface area contributed by atoms with Gasteiger partial charge in [-0.15, -0.1) is 0 Å². The smallest absolute Gasteiger partial charge is 0.241 e. The Morgan fingerprint density at radius 3 is 2.18 bits per heavy atom. The van der Waals surface area contributed by atoms with Gasteiger partial charge < -0.3 is 5.32 Å².